The number of hydrogen-bond donors (Lipinski definition) is 2. The van der Waals surface area contributed by atoms with Gasteiger partial charge in [-0.15, -0.1) is 11.3 Å². The Morgan fingerprint density at radius 1 is 1.20 bits per heavy atom. The molecule has 2 aromatic rings. The van der Waals surface area contributed by atoms with E-state index in [2.05, 4.69) is 10.6 Å². The summed E-state index contributed by atoms with van der Waals surface area (Å²) in [6.07, 6.45) is 3.72. The molecule has 1 aromatic heterocycles. The Labute approximate surface area is 186 Å². The molecule has 3 rings (SSSR count). The molecule has 1 aliphatic carbocycles. The number of carbonyl (C=O) groups is 2. The predicted molar refractivity (Wildman–Crippen MR) is 123 cm³/mol. The minimum atomic E-state index is -0.346. The fourth-order valence-corrected chi connectivity index (χ4v) is 4.85. The first-order chi connectivity index (χ1) is 14.5. The van der Waals surface area contributed by atoms with Crippen molar-refractivity contribution in [3.05, 3.63) is 45.8 Å². The summed E-state index contributed by atoms with van der Waals surface area (Å²) in [6.45, 7) is 4.56. The third-order valence-corrected chi connectivity index (χ3v) is 6.13. The van der Waals surface area contributed by atoms with E-state index in [1.165, 1.54) is 21.8 Å². The lowest BCUT2D eigenvalue weighted by Crippen LogP contribution is -2.34. The lowest BCUT2D eigenvalue weighted by atomic mass is 10.1. The molecule has 2 N–H and O–H groups in total. The van der Waals surface area contributed by atoms with Gasteiger partial charge in [0.1, 0.15) is 10.8 Å². The van der Waals surface area contributed by atoms with Crippen LogP contribution in [0.4, 0.5) is 5.00 Å². The highest BCUT2D eigenvalue weighted by Crippen LogP contribution is 2.39. The lowest BCUT2D eigenvalue weighted by molar-refractivity contribution is -0.119. The first kappa shape index (κ1) is 22.2. The van der Waals surface area contributed by atoms with Crippen molar-refractivity contribution in [3.63, 3.8) is 0 Å². The van der Waals surface area contributed by atoms with Crippen LogP contribution >= 0.6 is 23.6 Å². The molecular formula is C22H26N2O4S2. The van der Waals surface area contributed by atoms with Gasteiger partial charge in [0.25, 0.3) is 0 Å². The number of fused-ring (bicyclic) bond motifs is 1. The van der Waals surface area contributed by atoms with E-state index in [1.54, 1.807) is 6.92 Å². The van der Waals surface area contributed by atoms with Gasteiger partial charge in [0, 0.05) is 11.3 Å². The van der Waals surface area contributed by atoms with Gasteiger partial charge in [0.2, 0.25) is 5.91 Å². The molecule has 6 nitrogen and oxygen atoms in total. The van der Waals surface area contributed by atoms with E-state index >= 15 is 0 Å². The fourth-order valence-electron chi connectivity index (χ4n) is 3.29. The summed E-state index contributed by atoms with van der Waals surface area (Å²) < 4.78 is 10.8. The van der Waals surface area contributed by atoms with Crippen molar-refractivity contribution in [2.24, 2.45) is 0 Å². The molecule has 1 amide bonds. The van der Waals surface area contributed by atoms with Gasteiger partial charge in [0.15, 0.2) is 5.11 Å². The van der Waals surface area contributed by atoms with E-state index in [4.69, 9.17) is 21.7 Å². The minimum Gasteiger partial charge on any atom is -0.494 e. The molecule has 0 atom stereocenters. The van der Waals surface area contributed by atoms with Gasteiger partial charge in [0.05, 0.1) is 18.8 Å². The Kier molecular flexibility index (Phi) is 7.81. The number of carbonyl (C=O) groups excluding carboxylic acids is 2. The monoisotopic (exact) mass is 446 g/mol. The highest BCUT2D eigenvalue weighted by atomic mass is 32.1. The lowest BCUT2D eigenvalue weighted by Gasteiger charge is -2.11. The van der Waals surface area contributed by atoms with E-state index in [0.717, 1.165) is 30.6 Å². The van der Waals surface area contributed by atoms with Crippen LogP contribution < -0.4 is 15.4 Å². The summed E-state index contributed by atoms with van der Waals surface area (Å²) in [5, 5.41) is 6.53. The number of thiocarbonyl (C=S) groups is 1. The van der Waals surface area contributed by atoms with Crippen molar-refractivity contribution in [2.75, 3.05) is 18.5 Å². The van der Waals surface area contributed by atoms with Crippen molar-refractivity contribution < 1.29 is 19.1 Å². The Morgan fingerprint density at radius 2 is 1.97 bits per heavy atom. The van der Waals surface area contributed by atoms with Crippen LogP contribution in [0.1, 0.15) is 52.5 Å². The summed E-state index contributed by atoms with van der Waals surface area (Å²) in [5.74, 6) is 0.249. The molecule has 160 valence electrons. The van der Waals surface area contributed by atoms with Crippen LogP contribution in [0.2, 0.25) is 0 Å². The van der Waals surface area contributed by atoms with Crippen molar-refractivity contribution in [3.8, 4) is 5.75 Å². The van der Waals surface area contributed by atoms with Crippen LogP contribution in [0.3, 0.4) is 0 Å². The first-order valence-electron chi connectivity index (χ1n) is 10.1. The Morgan fingerprint density at radius 3 is 2.70 bits per heavy atom. The second-order valence-electron chi connectivity index (χ2n) is 7.05. The molecule has 1 heterocycles. The summed E-state index contributed by atoms with van der Waals surface area (Å²) in [5.41, 5.74) is 2.77. The Hall–Kier alpha value is -2.45. The van der Waals surface area contributed by atoms with Gasteiger partial charge in [-0.1, -0.05) is 17.7 Å². The van der Waals surface area contributed by atoms with Gasteiger partial charge in [-0.3, -0.25) is 4.79 Å². The van der Waals surface area contributed by atoms with Gasteiger partial charge >= 0.3 is 5.97 Å². The third kappa shape index (κ3) is 5.79. The molecule has 30 heavy (non-hydrogen) atoms. The van der Waals surface area contributed by atoms with Crippen LogP contribution in [-0.4, -0.2) is 30.2 Å². The topological polar surface area (TPSA) is 76.7 Å². The standard InChI is InChI=1S/C22H26N2O4S2/c1-3-27-21(26)19-16-6-4-7-17(16)30-20(19)24-22(29)23-18(25)8-5-13-28-15-11-9-14(2)10-12-15/h9-12H,3-8,13H2,1-2H3,(H2,23,24,25,29). The molecule has 1 aromatic carbocycles. The van der Waals surface area contributed by atoms with Crippen molar-refractivity contribution in [1.82, 2.24) is 5.32 Å². The van der Waals surface area contributed by atoms with Gasteiger partial charge in [-0.2, -0.15) is 0 Å². The predicted octanol–water partition coefficient (Wildman–Crippen LogP) is 4.39. The normalized spacial score (nSPS) is 12.2. The third-order valence-electron chi connectivity index (χ3n) is 4.72. The average Bonchev–Trinajstić information content (AvgIpc) is 3.27. The summed E-state index contributed by atoms with van der Waals surface area (Å²) in [6, 6.07) is 7.79. The molecular weight excluding hydrogens is 420 g/mol. The molecule has 8 heteroatoms. The maximum Gasteiger partial charge on any atom is 0.341 e. The largest absolute Gasteiger partial charge is 0.494 e. The Balaban J connectivity index is 1.47. The molecule has 0 saturated carbocycles. The second-order valence-corrected chi connectivity index (χ2v) is 8.56. The first-order valence-corrected chi connectivity index (χ1v) is 11.3. The van der Waals surface area contributed by atoms with Crippen molar-refractivity contribution >= 4 is 45.5 Å². The number of nitrogens with one attached hydrogen (secondary N) is 2. The van der Waals surface area contributed by atoms with Crippen molar-refractivity contribution in [1.29, 1.82) is 0 Å². The van der Waals surface area contributed by atoms with Crippen LogP contribution in [0.15, 0.2) is 24.3 Å². The number of esters is 1. The number of rotatable bonds is 8. The minimum absolute atomic E-state index is 0.185. The quantitative estimate of drug-likeness (QED) is 0.356. The Bertz CT molecular complexity index is 922. The SMILES string of the molecule is CCOC(=O)c1c(NC(=S)NC(=O)CCCOc2ccc(C)cc2)sc2c1CCC2. The number of amides is 1. The summed E-state index contributed by atoms with van der Waals surface area (Å²) >= 11 is 6.79. The van der Waals surface area contributed by atoms with Gasteiger partial charge < -0.3 is 20.1 Å². The van der Waals surface area contributed by atoms with Crippen LogP contribution in [0.25, 0.3) is 0 Å². The zero-order chi connectivity index (χ0) is 21.5. The highest BCUT2D eigenvalue weighted by Gasteiger charge is 2.28. The zero-order valence-electron chi connectivity index (χ0n) is 17.2. The van der Waals surface area contributed by atoms with E-state index < -0.39 is 0 Å². The molecule has 1 aliphatic rings. The molecule has 0 saturated heterocycles. The average molecular weight is 447 g/mol. The van der Waals surface area contributed by atoms with Crippen LogP contribution in [0.5, 0.6) is 5.75 Å². The number of benzene rings is 1. The smallest absolute Gasteiger partial charge is 0.341 e. The zero-order valence-corrected chi connectivity index (χ0v) is 18.8. The van der Waals surface area contributed by atoms with Crippen LogP contribution in [-0.2, 0) is 22.4 Å². The van der Waals surface area contributed by atoms with E-state index in [1.807, 2.05) is 31.2 Å². The summed E-state index contributed by atoms with van der Waals surface area (Å²) in [7, 11) is 0. The fraction of sp³-hybridized carbons (Fsp3) is 0.409. The number of thiophene rings is 1. The molecule has 0 aliphatic heterocycles. The highest BCUT2D eigenvalue weighted by molar-refractivity contribution is 7.80. The summed E-state index contributed by atoms with van der Waals surface area (Å²) in [4.78, 5) is 25.8. The molecule has 0 fully saturated rings. The molecule has 0 radical (unpaired) electrons. The second kappa shape index (κ2) is 10.5. The van der Waals surface area contributed by atoms with Gasteiger partial charge in [-0.25, -0.2) is 4.79 Å². The van der Waals surface area contributed by atoms with E-state index in [-0.39, 0.29) is 17.0 Å². The van der Waals surface area contributed by atoms with E-state index in [0.29, 0.717) is 36.6 Å². The molecule has 0 spiro atoms. The maximum absolute atomic E-state index is 12.4. The van der Waals surface area contributed by atoms with Gasteiger partial charge in [-0.05, 0) is 69.4 Å². The number of aryl methyl sites for hydroxylation is 2. The number of ether oxygens (including phenoxy) is 2. The van der Waals surface area contributed by atoms with E-state index in [9.17, 15) is 9.59 Å². The maximum atomic E-state index is 12.4. The number of hydrogen-bond acceptors (Lipinski definition) is 6. The molecule has 0 bridgehead atoms. The van der Waals surface area contributed by atoms with Crippen molar-refractivity contribution in [2.45, 2.75) is 46.0 Å². The number of anilines is 1. The molecule has 0 unspecified atom stereocenters. The van der Waals surface area contributed by atoms with Crippen LogP contribution in [0, 0.1) is 6.92 Å².